The summed E-state index contributed by atoms with van der Waals surface area (Å²) in [5, 5.41) is 0.396. The number of hydrogen-bond acceptors (Lipinski definition) is 9. The van der Waals surface area contributed by atoms with Crippen molar-refractivity contribution in [2.24, 2.45) is 0 Å². The Morgan fingerprint density at radius 1 is 0.804 bits per heavy atom. The number of benzene rings is 1. The highest BCUT2D eigenvalue weighted by Crippen LogP contribution is 2.39. The maximum absolute atomic E-state index is 13.8. The standard InChI is InChI=1S/C28H26F9N7O2/c1-41-13-15-43(16-14-41)25-39-21-9-12-42(23-20(27(32,33)34)3-2-10-38-23)11-8-19(21)22(40-25)44(46-24(45)28(35,36)37)18-6-4-17(5-7-18)26(29,30)31/h2-7,10H,8-9,11-16H2,1H3. The molecule has 9 nitrogen and oxygen atoms in total. The highest BCUT2D eigenvalue weighted by atomic mass is 19.4. The molecule has 0 unspecified atom stereocenters. The molecule has 0 amide bonds. The molecule has 0 bridgehead atoms. The van der Waals surface area contributed by atoms with E-state index in [9.17, 15) is 44.3 Å². The zero-order valence-electron chi connectivity index (χ0n) is 24.0. The molecular weight excluding hydrogens is 637 g/mol. The maximum Gasteiger partial charge on any atom is 0.493 e. The summed E-state index contributed by atoms with van der Waals surface area (Å²) in [6.45, 7) is 1.84. The van der Waals surface area contributed by atoms with Crippen LogP contribution in [0.15, 0.2) is 42.6 Å². The second-order valence-corrected chi connectivity index (χ2v) is 10.6. The Morgan fingerprint density at radius 3 is 2.07 bits per heavy atom. The van der Waals surface area contributed by atoms with Crippen LogP contribution in [0.5, 0.6) is 0 Å². The lowest BCUT2D eigenvalue weighted by atomic mass is 10.1. The number of pyridine rings is 1. The molecule has 3 aromatic rings. The van der Waals surface area contributed by atoms with Gasteiger partial charge in [-0.05, 0) is 49.9 Å². The lowest BCUT2D eigenvalue weighted by Gasteiger charge is -2.33. The Bertz CT molecular complexity index is 1550. The van der Waals surface area contributed by atoms with Crippen molar-refractivity contribution in [3.63, 3.8) is 0 Å². The van der Waals surface area contributed by atoms with Gasteiger partial charge in [0.05, 0.1) is 22.5 Å². The average Bonchev–Trinajstić information content (AvgIpc) is 3.21. The van der Waals surface area contributed by atoms with Crippen molar-refractivity contribution in [3.8, 4) is 0 Å². The first-order valence-electron chi connectivity index (χ1n) is 13.9. The molecule has 46 heavy (non-hydrogen) atoms. The number of rotatable bonds is 5. The first-order valence-corrected chi connectivity index (χ1v) is 13.9. The number of likely N-dealkylation sites (N-methyl/N-ethyl adjacent to an activating group) is 1. The Kier molecular flexibility index (Phi) is 8.94. The first kappa shape index (κ1) is 33.0. The molecule has 5 rings (SSSR count). The SMILES string of the molecule is CN1CCN(c2nc3c(c(N(OC(=O)C(F)(F)F)c4ccc(C(F)(F)F)cc4)n2)CCN(c2ncccc2C(F)(F)F)CC3)CC1. The molecule has 18 heteroatoms. The van der Waals surface area contributed by atoms with E-state index >= 15 is 0 Å². The van der Waals surface area contributed by atoms with Gasteiger partial charge in [-0.25, -0.2) is 14.8 Å². The molecule has 1 fully saturated rings. The number of halogens is 9. The third-order valence-electron chi connectivity index (χ3n) is 7.51. The Morgan fingerprint density at radius 2 is 1.46 bits per heavy atom. The highest BCUT2D eigenvalue weighted by molar-refractivity contribution is 5.79. The van der Waals surface area contributed by atoms with Gasteiger partial charge in [0.25, 0.3) is 0 Å². The van der Waals surface area contributed by atoms with E-state index in [0.717, 1.165) is 24.3 Å². The molecule has 1 saturated heterocycles. The third kappa shape index (κ3) is 7.21. The molecule has 2 aliphatic heterocycles. The summed E-state index contributed by atoms with van der Waals surface area (Å²) in [5.74, 6) is -3.35. The topological polar surface area (TPSA) is 77.9 Å². The van der Waals surface area contributed by atoms with Crippen molar-refractivity contribution in [1.82, 2.24) is 19.9 Å². The predicted octanol–water partition coefficient (Wildman–Crippen LogP) is 5.42. The summed E-state index contributed by atoms with van der Waals surface area (Å²) in [6, 6.07) is 4.87. The van der Waals surface area contributed by atoms with E-state index in [1.807, 2.05) is 11.9 Å². The van der Waals surface area contributed by atoms with Crippen LogP contribution in [0.2, 0.25) is 0 Å². The van der Waals surface area contributed by atoms with Gasteiger partial charge >= 0.3 is 24.5 Å². The molecule has 0 N–H and O–H groups in total. The van der Waals surface area contributed by atoms with E-state index in [0.29, 0.717) is 43.4 Å². The van der Waals surface area contributed by atoms with Crippen molar-refractivity contribution in [3.05, 3.63) is 65.0 Å². The van der Waals surface area contributed by atoms with E-state index in [4.69, 9.17) is 4.84 Å². The van der Waals surface area contributed by atoms with Crippen LogP contribution >= 0.6 is 0 Å². The van der Waals surface area contributed by atoms with Crippen LogP contribution in [-0.4, -0.2) is 78.3 Å². The number of carbonyl (C=O) groups excluding carboxylic acids is 1. The monoisotopic (exact) mass is 663 g/mol. The Labute approximate surface area is 256 Å². The summed E-state index contributed by atoms with van der Waals surface area (Å²) in [7, 11) is 1.88. The van der Waals surface area contributed by atoms with Crippen molar-refractivity contribution in [2.75, 3.05) is 61.2 Å². The van der Waals surface area contributed by atoms with Crippen molar-refractivity contribution >= 4 is 29.2 Å². The van der Waals surface area contributed by atoms with Crippen molar-refractivity contribution in [2.45, 2.75) is 31.4 Å². The summed E-state index contributed by atoms with van der Waals surface area (Å²) in [5.41, 5.74) is -2.09. The lowest BCUT2D eigenvalue weighted by molar-refractivity contribution is -0.199. The molecule has 0 atom stereocenters. The fourth-order valence-electron chi connectivity index (χ4n) is 5.10. The minimum Gasteiger partial charge on any atom is -0.355 e. The normalized spacial score (nSPS) is 16.6. The molecule has 4 heterocycles. The molecule has 0 radical (unpaired) electrons. The molecule has 0 saturated carbocycles. The summed E-state index contributed by atoms with van der Waals surface area (Å²) in [4.78, 5) is 35.0. The van der Waals surface area contributed by atoms with E-state index in [2.05, 4.69) is 15.0 Å². The number of aromatic nitrogens is 3. The number of anilines is 4. The zero-order chi connectivity index (χ0) is 33.4. The van der Waals surface area contributed by atoms with Gasteiger partial charge in [-0.15, -0.1) is 0 Å². The number of fused-ring (bicyclic) bond motifs is 1. The first-order chi connectivity index (χ1) is 21.5. The van der Waals surface area contributed by atoms with Crippen LogP contribution in [-0.2, 0) is 34.8 Å². The summed E-state index contributed by atoms with van der Waals surface area (Å²) < 4.78 is 122. The third-order valence-corrected chi connectivity index (χ3v) is 7.51. The summed E-state index contributed by atoms with van der Waals surface area (Å²) in [6.07, 6.45) is -13.9. The predicted molar refractivity (Wildman–Crippen MR) is 146 cm³/mol. The number of alkyl halides is 9. The molecule has 0 spiro atoms. The Hall–Kier alpha value is -4.35. The second-order valence-electron chi connectivity index (χ2n) is 10.6. The minimum absolute atomic E-state index is 0.00641. The number of piperazine rings is 1. The van der Waals surface area contributed by atoms with Gasteiger partial charge in [0, 0.05) is 57.4 Å². The van der Waals surface area contributed by atoms with Gasteiger partial charge in [-0.2, -0.15) is 49.6 Å². The quantitative estimate of drug-likeness (QED) is 0.263. The Balaban J connectivity index is 1.62. The van der Waals surface area contributed by atoms with Crippen LogP contribution in [0.1, 0.15) is 22.4 Å². The lowest BCUT2D eigenvalue weighted by Crippen LogP contribution is -2.45. The van der Waals surface area contributed by atoms with E-state index in [1.165, 1.54) is 11.1 Å². The van der Waals surface area contributed by atoms with Gasteiger partial charge in [0.1, 0.15) is 5.82 Å². The highest BCUT2D eigenvalue weighted by Gasteiger charge is 2.44. The molecule has 0 aliphatic carbocycles. The largest absolute Gasteiger partial charge is 0.493 e. The van der Waals surface area contributed by atoms with E-state index in [-0.39, 0.29) is 60.5 Å². The number of carbonyl (C=O) groups is 1. The van der Waals surface area contributed by atoms with Crippen molar-refractivity contribution in [1.29, 1.82) is 0 Å². The molecule has 2 aromatic heterocycles. The van der Waals surface area contributed by atoms with Gasteiger partial charge < -0.3 is 19.5 Å². The van der Waals surface area contributed by atoms with E-state index in [1.54, 1.807) is 4.90 Å². The number of nitrogens with zero attached hydrogens (tertiary/aromatic N) is 7. The molecule has 2 aliphatic rings. The molecular formula is C28H26F9N7O2. The average molecular weight is 664 g/mol. The van der Waals surface area contributed by atoms with Gasteiger partial charge in [-0.3, -0.25) is 0 Å². The minimum atomic E-state index is -5.49. The van der Waals surface area contributed by atoms with Crippen LogP contribution in [0.25, 0.3) is 0 Å². The zero-order valence-corrected chi connectivity index (χ0v) is 24.0. The van der Waals surface area contributed by atoms with Gasteiger partial charge in [0.2, 0.25) is 5.95 Å². The fourth-order valence-corrected chi connectivity index (χ4v) is 5.10. The van der Waals surface area contributed by atoms with Crippen LogP contribution < -0.4 is 14.9 Å². The van der Waals surface area contributed by atoms with Crippen molar-refractivity contribution < 1.29 is 49.1 Å². The summed E-state index contributed by atoms with van der Waals surface area (Å²) >= 11 is 0. The van der Waals surface area contributed by atoms with Crippen LogP contribution in [0.3, 0.4) is 0 Å². The molecule has 1 aromatic carbocycles. The number of hydrogen-bond donors (Lipinski definition) is 0. The van der Waals surface area contributed by atoms with Gasteiger partial charge in [-0.1, -0.05) is 0 Å². The second kappa shape index (κ2) is 12.4. The smallest absolute Gasteiger partial charge is 0.355 e. The fraction of sp³-hybridized carbons (Fsp3) is 0.429. The van der Waals surface area contributed by atoms with Crippen LogP contribution in [0, 0.1) is 0 Å². The van der Waals surface area contributed by atoms with E-state index < -0.39 is 35.6 Å². The maximum atomic E-state index is 13.8. The molecule has 248 valence electrons. The van der Waals surface area contributed by atoms with Gasteiger partial charge in [0.15, 0.2) is 5.82 Å². The van der Waals surface area contributed by atoms with Crippen LogP contribution in [0.4, 0.5) is 62.8 Å².